The Hall–Kier alpha value is -3.13. The van der Waals surface area contributed by atoms with E-state index in [4.69, 9.17) is 0 Å². The molecule has 1 aromatic carbocycles. The van der Waals surface area contributed by atoms with Gasteiger partial charge in [-0.05, 0) is 40.3 Å². The number of pyridine rings is 1. The maximum absolute atomic E-state index is 13.0. The Labute approximate surface area is 151 Å². The van der Waals surface area contributed by atoms with Crippen LogP contribution >= 0.6 is 0 Å². The fourth-order valence-corrected chi connectivity index (χ4v) is 3.15. The summed E-state index contributed by atoms with van der Waals surface area (Å²) in [7, 11) is 0. The predicted molar refractivity (Wildman–Crippen MR) is 94.6 cm³/mol. The van der Waals surface area contributed by atoms with Gasteiger partial charge in [0.15, 0.2) is 0 Å². The predicted octanol–water partition coefficient (Wildman–Crippen LogP) is 1.02. The average Bonchev–Trinajstić information content (AvgIpc) is 3.24. The maximum atomic E-state index is 13.0. The van der Waals surface area contributed by atoms with E-state index in [9.17, 15) is 4.79 Å². The molecular formula is C18H19N7O. The molecule has 0 spiro atoms. The molecule has 1 aliphatic heterocycles. The van der Waals surface area contributed by atoms with Crippen LogP contribution < -0.4 is 0 Å². The van der Waals surface area contributed by atoms with E-state index in [1.54, 1.807) is 0 Å². The van der Waals surface area contributed by atoms with E-state index in [1.807, 2.05) is 53.7 Å². The normalized spacial score (nSPS) is 15.2. The van der Waals surface area contributed by atoms with E-state index in [0.717, 1.165) is 19.6 Å². The van der Waals surface area contributed by atoms with Crippen molar-refractivity contribution in [2.45, 2.75) is 6.54 Å². The van der Waals surface area contributed by atoms with Crippen LogP contribution in [0.25, 0.3) is 5.69 Å². The third kappa shape index (κ3) is 3.45. The number of carbonyl (C=O) groups excluding carboxylic acids is 1. The SMILES string of the molecule is O=C(c1ccccc1-n1cnnn1)N1CCN(Cc2ccncc2)CC1. The summed E-state index contributed by atoms with van der Waals surface area (Å²) in [6, 6.07) is 11.5. The van der Waals surface area contributed by atoms with Crippen molar-refractivity contribution in [3.63, 3.8) is 0 Å². The molecule has 8 nitrogen and oxygen atoms in total. The molecule has 132 valence electrons. The maximum Gasteiger partial charge on any atom is 0.256 e. The fourth-order valence-electron chi connectivity index (χ4n) is 3.15. The van der Waals surface area contributed by atoms with Crippen molar-refractivity contribution >= 4 is 5.91 Å². The first kappa shape index (κ1) is 16.3. The molecule has 4 rings (SSSR count). The molecule has 0 N–H and O–H groups in total. The van der Waals surface area contributed by atoms with Gasteiger partial charge in [-0.15, -0.1) is 5.10 Å². The molecule has 2 aromatic heterocycles. The van der Waals surface area contributed by atoms with E-state index >= 15 is 0 Å². The molecule has 26 heavy (non-hydrogen) atoms. The van der Waals surface area contributed by atoms with Crippen molar-refractivity contribution in [1.82, 2.24) is 35.0 Å². The summed E-state index contributed by atoms with van der Waals surface area (Å²) in [4.78, 5) is 21.3. The van der Waals surface area contributed by atoms with Crippen molar-refractivity contribution < 1.29 is 4.79 Å². The number of hydrogen-bond acceptors (Lipinski definition) is 6. The first-order valence-corrected chi connectivity index (χ1v) is 8.54. The number of nitrogens with zero attached hydrogens (tertiary/aromatic N) is 7. The molecule has 0 saturated carbocycles. The molecule has 0 unspecified atom stereocenters. The summed E-state index contributed by atoms with van der Waals surface area (Å²) in [6.45, 7) is 3.98. The minimum absolute atomic E-state index is 0.0136. The topological polar surface area (TPSA) is 80.0 Å². The third-order valence-corrected chi connectivity index (χ3v) is 4.55. The lowest BCUT2D eigenvalue weighted by Crippen LogP contribution is -2.48. The van der Waals surface area contributed by atoms with Crippen LogP contribution in [0.5, 0.6) is 0 Å². The summed E-state index contributed by atoms with van der Waals surface area (Å²) in [5.74, 6) is 0.0136. The molecule has 3 heterocycles. The van der Waals surface area contributed by atoms with Crippen LogP contribution in [0.4, 0.5) is 0 Å². The average molecular weight is 349 g/mol. The van der Waals surface area contributed by atoms with Crippen LogP contribution in [0.1, 0.15) is 15.9 Å². The number of hydrogen-bond donors (Lipinski definition) is 0. The second-order valence-electron chi connectivity index (χ2n) is 6.20. The first-order chi connectivity index (χ1) is 12.8. The zero-order valence-corrected chi connectivity index (χ0v) is 14.3. The lowest BCUT2D eigenvalue weighted by molar-refractivity contribution is 0.0628. The van der Waals surface area contributed by atoms with Gasteiger partial charge < -0.3 is 4.90 Å². The van der Waals surface area contributed by atoms with Gasteiger partial charge >= 0.3 is 0 Å². The summed E-state index contributed by atoms with van der Waals surface area (Å²) in [5.41, 5.74) is 2.55. The monoisotopic (exact) mass is 349 g/mol. The third-order valence-electron chi connectivity index (χ3n) is 4.55. The highest BCUT2D eigenvalue weighted by molar-refractivity contribution is 5.97. The largest absolute Gasteiger partial charge is 0.336 e. The standard InChI is InChI=1S/C18H19N7O/c26-18(16-3-1-2-4-17(16)25-14-20-21-22-25)24-11-9-23(10-12-24)13-15-5-7-19-8-6-15/h1-8,14H,9-13H2. The van der Waals surface area contributed by atoms with E-state index in [0.29, 0.717) is 24.3 Å². The zero-order valence-electron chi connectivity index (χ0n) is 14.3. The van der Waals surface area contributed by atoms with Crippen molar-refractivity contribution in [3.05, 3.63) is 66.2 Å². The molecule has 0 aliphatic carbocycles. The minimum Gasteiger partial charge on any atom is -0.336 e. The molecule has 0 bridgehead atoms. The Balaban J connectivity index is 1.43. The van der Waals surface area contributed by atoms with Crippen LogP contribution in [0.2, 0.25) is 0 Å². The van der Waals surface area contributed by atoms with Crippen molar-refractivity contribution in [1.29, 1.82) is 0 Å². The van der Waals surface area contributed by atoms with Gasteiger partial charge in [-0.1, -0.05) is 12.1 Å². The second kappa shape index (κ2) is 7.40. The number of carbonyl (C=O) groups is 1. The zero-order chi connectivity index (χ0) is 17.8. The summed E-state index contributed by atoms with van der Waals surface area (Å²) in [5, 5.41) is 11.2. The van der Waals surface area contributed by atoms with Crippen LogP contribution in [0.15, 0.2) is 55.1 Å². The Morgan fingerprint density at radius 1 is 1.00 bits per heavy atom. The van der Waals surface area contributed by atoms with E-state index < -0.39 is 0 Å². The molecule has 8 heteroatoms. The highest BCUT2D eigenvalue weighted by atomic mass is 16.2. The van der Waals surface area contributed by atoms with Gasteiger partial charge in [0.25, 0.3) is 5.91 Å². The van der Waals surface area contributed by atoms with Crippen molar-refractivity contribution in [2.75, 3.05) is 26.2 Å². The minimum atomic E-state index is 0.0136. The Bertz CT molecular complexity index is 858. The molecule has 0 radical (unpaired) electrons. The van der Waals surface area contributed by atoms with Gasteiger partial charge in [-0.25, -0.2) is 0 Å². The lowest BCUT2D eigenvalue weighted by atomic mass is 10.1. The molecular weight excluding hydrogens is 330 g/mol. The quantitative estimate of drug-likeness (QED) is 0.699. The van der Waals surface area contributed by atoms with Gasteiger partial charge in [-0.2, -0.15) is 4.68 Å². The number of para-hydroxylation sites is 1. The fraction of sp³-hybridized carbons (Fsp3) is 0.278. The number of tetrazole rings is 1. The lowest BCUT2D eigenvalue weighted by Gasteiger charge is -2.35. The van der Waals surface area contributed by atoms with E-state index in [-0.39, 0.29) is 5.91 Å². The van der Waals surface area contributed by atoms with Gasteiger partial charge in [0.2, 0.25) is 0 Å². The second-order valence-corrected chi connectivity index (χ2v) is 6.20. The van der Waals surface area contributed by atoms with E-state index in [2.05, 4.69) is 25.4 Å². The van der Waals surface area contributed by atoms with E-state index in [1.165, 1.54) is 16.6 Å². The number of amides is 1. The smallest absolute Gasteiger partial charge is 0.256 e. The first-order valence-electron chi connectivity index (χ1n) is 8.54. The summed E-state index contributed by atoms with van der Waals surface area (Å²) >= 11 is 0. The van der Waals surface area contributed by atoms with Crippen molar-refractivity contribution in [3.8, 4) is 5.69 Å². The highest BCUT2D eigenvalue weighted by Gasteiger charge is 2.24. The number of aromatic nitrogens is 5. The Morgan fingerprint density at radius 3 is 2.50 bits per heavy atom. The number of piperazine rings is 1. The number of rotatable bonds is 4. The van der Waals surface area contributed by atoms with Crippen LogP contribution in [-0.2, 0) is 6.54 Å². The van der Waals surface area contributed by atoms with Gasteiger partial charge in [0, 0.05) is 45.1 Å². The van der Waals surface area contributed by atoms with Gasteiger partial charge in [0.1, 0.15) is 6.33 Å². The molecule has 1 saturated heterocycles. The molecule has 0 atom stereocenters. The summed E-state index contributed by atoms with van der Waals surface area (Å²) in [6.07, 6.45) is 5.12. The van der Waals surface area contributed by atoms with Crippen LogP contribution in [-0.4, -0.2) is 67.1 Å². The highest BCUT2D eigenvalue weighted by Crippen LogP contribution is 2.17. The molecule has 1 aliphatic rings. The molecule has 3 aromatic rings. The van der Waals surface area contributed by atoms with Crippen molar-refractivity contribution in [2.24, 2.45) is 0 Å². The number of benzene rings is 1. The van der Waals surface area contributed by atoms with Gasteiger partial charge in [-0.3, -0.25) is 14.7 Å². The van der Waals surface area contributed by atoms with Crippen LogP contribution in [0.3, 0.4) is 0 Å². The molecule has 1 fully saturated rings. The Kier molecular flexibility index (Phi) is 4.65. The summed E-state index contributed by atoms with van der Waals surface area (Å²) < 4.78 is 1.52. The molecule has 1 amide bonds. The van der Waals surface area contributed by atoms with Crippen LogP contribution in [0, 0.1) is 0 Å². The Morgan fingerprint density at radius 2 is 1.77 bits per heavy atom. The van der Waals surface area contributed by atoms with Gasteiger partial charge in [0.05, 0.1) is 11.3 Å².